The first-order valence-electron chi connectivity index (χ1n) is 9.60. The Kier molecular flexibility index (Phi) is 6.77. The summed E-state index contributed by atoms with van der Waals surface area (Å²) in [6, 6.07) is 8.76. The maximum atomic E-state index is 13.0. The van der Waals surface area contributed by atoms with Crippen molar-refractivity contribution in [3.05, 3.63) is 65.2 Å². The molecule has 172 valence electrons. The molecule has 1 fully saturated rings. The van der Waals surface area contributed by atoms with Crippen LogP contribution in [0.5, 0.6) is 0 Å². The molecule has 2 aromatic carbocycles. The monoisotopic (exact) mass is 459 g/mol. The lowest BCUT2D eigenvalue weighted by molar-refractivity contribution is -0.138. The zero-order chi connectivity index (χ0) is 23.5. The van der Waals surface area contributed by atoms with Crippen LogP contribution in [-0.2, 0) is 17.1 Å². The van der Waals surface area contributed by atoms with E-state index in [0.29, 0.717) is 0 Å². The molecule has 11 heteroatoms. The zero-order valence-corrected chi connectivity index (χ0v) is 16.6. The van der Waals surface area contributed by atoms with Crippen molar-refractivity contribution in [3.8, 4) is 0 Å². The molecule has 1 aliphatic heterocycles. The first-order chi connectivity index (χ1) is 14.9. The van der Waals surface area contributed by atoms with E-state index in [4.69, 9.17) is 0 Å². The lowest BCUT2D eigenvalue weighted by Gasteiger charge is -2.34. The lowest BCUT2D eigenvalue weighted by Crippen LogP contribution is -2.50. The third kappa shape index (κ3) is 5.78. The van der Waals surface area contributed by atoms with Crippen LogP contribution in [0, 0.1) is 0 Å². The molecule has 0 radical (unpaired) electrons. The van der Waals surface area contributed by atoms with E-state index in [9.17, 15) is 35.9 Å². The topological polar surface area (TPSA) is 52.7 Å². The minimum Gasteiger partial charge on any atom is -0.336 e. The SMILES string of the molecule is O=C(CN1CCN(C(=O)c2cccc(C(F)(F)F)c2)CC1)Nc1ccccc1C(F)(F)F. The van der Waals surface area contributed by atoms with Gasteiger partial charge in [0.2, 0.25) is 5.91 Å². The van der Waals surface area contributed by atoms with Crippen LogP contribution in [0.25, 0.3) is 0 Å². The Balaban J connectivity index is 1.55. The zero-order valence-electron chi connectivity index (χ0n) is 16.6. The predicted octanol–water partition coefficient (Wildman–Crippen LogP) is 4.12. The number of nitrogens with zero attached hydrogens (tertiary/aromatic N) is 2. The molecular weight excluding hydrogens is 440 g/mol. The highest BCUT2D eigenvalue weighted by atomic mass is 19.4. The molecular formula is C21H19F6N3O2. The molecule has 1 aliphatic rings. The number of amides is 2. The average molecular weight is 459 g/mol. The summed E-state index contributed by atoms with van der Waals surface area (Å²) in [5.41, 5.74) is -2.30. The molecule has 0 bridgehead atoms. The van der Waals surface area contributed by atoms with Gasteiger partial charge in [0, 0.05) is 31.7 Å². The Bertz CT molecular complexity index is 982. The highest BCUT2D eigenvalue weighted by molar-refractivity contribution is 5.95. The van der Waals surface area contributed by atoms with Crippen LogP contribution in [0.2, 0.25) is 0 Å². The van der Waals surface area contributed by atoms with E-state index < -0.39 is 35.3 Å². The van der Waals surface area contributed by atoms with Gasteiger partial charge in [-0.25, -0.2) is 0 Å². The highest BCUT2D eigenvalue weighted by Gasteiger charge is 2.34. The summed E-state index contributed by atoms with van der Waals surface area (Å²) in [4.78, 5) is 27.8. The number of hydrogen-bond donors (Lipinski definition) is 1. The van der Waals surface area contributed by atoms with E-state index in [1.165, 1.54) is 23.1 Å². The normalized spacial score (nSPS) is 15.5. The summed E-state index contributed by atoms with van der Waals surface area (Å²) in [7, 11) is 0. The molecule has 0 saturated carbocycles. The third-order valence-corrected chi connectivity index (χ3v) is 4.97. The van der Waals surface area contributed by atoms with Gasteiger partial charge in [0.25, 0.3) is 5.91 Å². The summed E-state index contributed by atoms with van der Waals surface area (Å²) in [6.07, 6.45) is -9.17. The first-order valence-corrected chi connectivity index (χ1v) is 9.60. The summed E-state index contributed by atoms with van der Waals surface area (Å²) < 4.78 is 77.7. The number of carbonyl (C=O) groups excluding carboxylic acids is 2. The molecule has 2 amide bonds. The quantitative estimate of drug-likeness (QED) is 0.700. The van der Waals surface area contributed by atoms with E-state index in [2.05, 4.69) is 5.32 Å². The largest absolute Gasteiger partial charge is 0.418 e. The van der Waals surface area contributed by atoms with Gasteiger partial charge in [-0.15, -0.1) is 0 Å². The van der Waals surface area contributed by atoms with Crippen LogP contribution < -0.4 is 5.32 Å². The maximum Gasteiger partial charge on any atom is 0.418 e. The number of benzene rings is 2. The lowest BCUT2D eigenvalue weighted by atomic mass is 10.1. The van der Waals surface area contributed by atoms with Gasteiger partial charge >= 0.3 is 12.4 Å². The third-order valence-electron chi connectivity index (χ3n) is 4.97. The Morgan fingerprint density at radius 1 is 0.844 bits per heavy atom. The van der Waals surface area contributed by atoms with Crippen molar-refractivity contribution in [2.45, 2.75) is 12.4 Å². The smallest absolute Gasteiger partial charge is 0.336 e. The van der Waals surface area contributed by atoms with Gasteiger partial charge in [-0.3, -0.25) is 14.5 Å². The fourth-order valence-electron chi connectivity index (χ4n) is 3.35. The van der Waals surface area contributed by atoms with Gasteiger partial charge in [0.05, 0.1) is 23.4 Å². The Morgan fingerprint density at radius 3 is 2.12 bits per heavy atom. The number of hydrogen-bond acceptors (Lipinski definition) is 3. The maximum absolute atomic E-state index is 13.0. The molecule has 2 aromatic rings. The second kappa shape index (κ2) is 9.19. The van der Waals surface area contributed by atoms with Crippen molar-refractivity contribution < 1.29 is 35.9 Å². The summed E-state index contributed by atoms with van der Waals surface area (Å²) >= 11 is 0. The van der Waals surface area contributed by atoms with Gasteiger partial charge in [-0.2, -0.15) is 26.3 Å². The van der Waals surface area contributed by atoms with Gasteiger partial charge in [-0.05, 0) is 30.3 Å². The number of piperazine rings is 1. The second-order valence-electron chi connectivity index (χ2n) is 7.24. The van der Waals surface area contributed by atoms with Crippen molar-refractivity contribution >= 4 is 17.5 Å². The van der Waals surface area contributed by atoms with Crippen LogP contribution in [0.15, 0.2) is 48.5 Å². The molecule has 0 spiro atoms. The van der Waals surface area contributed by atoms with Crippen molar-refractivity contribution in [1.29, 1.82) is 0 Å². The second-order valence-corrected chi connectivity index (χ2v) is 7.24. The predicted molar refractivity (Wildman–Crippen MR) is 104 cm³/mol. The van der Waals surface area contributed by atoms with Crippen LogP contribution in [-0.4, -0.2) is 54.3 Å². The molecule has 0 unspecified atom stereocenters. The molecule has 32 heavy (non-hydrogen) atoms. The van der Waals surface area contributed by atoms with Crippen LogP contribution in [0.4, 0.5) is 32.0 Å². The molecule has 0 atom stereocenters. The first kappa shape index (κ1) is 23.6. The summed E-state index contributed by atoms with van der Waals surface area (Å²) in [5, 5.41) is 2.26. The molecule has 0 aromatic heterocycles. The number of carbonyl (C=O) groups is 2. The highest BCUT2D eigenvalue weighted by Crippen LogP contribution is 2.34. The number of rotatable bonds is 4. The summed E-state index contributed by atoms with van der Waals surface area (Å²) in [6.45, 7) is 0.652. The standard InChI is InChI=1S/C21H19F6N3O2/c22-20(23,24)15-5-3-4-14(12-15)19(32)30-10-8-29(9-11-30)13-18(31)28-17-7-2-1-6-16(17)21(25,26)27/h1-7,12H,8-11,13H2,(H,28,31). The van der Waals surface area contributed by atoms with Crippen molar-refractivity contribution in [3.63, 3.8) is 0 Å². The number of para-hydroxylation sites is 1. The molecule has 1 saturated heterocycles. The van der Waals surface area contributed by atoms with Gasteiger partial charge in [-0.1, -0.05) is 18.2 Å². The number of halogens is 6. The fraction of sp³-hybridized carbons (Fsp3) is 0.333. The minimum absolute atomic E-state index is 0.0882. The van der Waals surface area contributed by atoms with Crippen molar-refractivity contribution in [2.75, 3.05) is 38.0 Å². The van der Waals surface area contributed by atoms with E-state index in [1.54, 1.807) is 4.90 Å². The Morgan fingerprint density at radius 2 is 1.50 bits per heavy atom. The minimum atomic E-state index is -4.61. The fourth-order valence-corrected chi connectivity index (χ4v) is 3.35. The van der Waals surface area contributed by atoms with Gasteiger partial charge in [0.1, 0.15) is 0 Å². The van der Waals surface area contributed by atoms with E-state index in [1.807, 2.05) is 0 Å². The number of anilines is 1. The molecule has 1 N–H and O–H groups in total. The van der Waals surface area contributed by atoms with Crippen LogP contribution in [0.3, 0.4) is 0 Å². The molecule has 5 nitrogen and oxygen atoms in total. The Hall–Kier alpha value is -3.08. The number of alkyl halides is 6. The average Bonchev–Trinajstić information content (AvgIpc) is 2.73. The summed E-state index contributed by atoms with van der Waals surface area (Å²) in [5.74, 6) is -1.20. The van der Waals surface area contributed by atoms with Crippen molar-refractivity contribution in [2.24, 2.45) is 0 Å². The molecule has 3 rings (SSSR count). The molecule has 1 heterocycles. The van der Waals surface area contributed by atoms with Crippen molar-refractivity contribution in [1.82, 2.24) is 9.80 Å². The van der Waals surface area contributed by atoms with Gasteiger partial charge < -0.3 is 10.2 Å². The van der Waals surface area contributed by atoms with E-state index >= 15 is 0 Å². The molecule has 0 aliphatic carbocycles. The van der Waals surface area contributed by atoms with Crippen LogP contribution >= 0.6 is 0 Å². The van der Waals surface area contributed by atoms with Gasteiger partial charge in [0.15, 0.2) is 0 Å². The van der Waals surface area contributed by atoms with Crippen LogP contribution in [0.1, 0.15) is 21.5 Å². The van der Waals surface area contributed by atoms with E-state index in [-0.39, 0.29) is 44.0 Å². The van der Waals surface area contributed by atoms with E-state index in [0.717, 1.165) is 30.3 Å². The number of nitrogens with one attached hydrogen (secondary N) is 1. The Labute approximate surface area is 179 Å².